The van der Waals surface area contributed by atoms with Gasteiger partial charge in [0.1, 0.15) is 24.0 Å². The standard InChI is InChI=1S/C17H21Cl2FN3O4PS/c1-17(2,3)16(25)23-9-4-5-21-12-8(6-22-13(9)12)15-11(20)14(24)10(27-15)7-26-28(18,19)29/h4-6,8,10-11,14-15,24H,7H2,1-3H3,(H,21,23,25)/t8?,10-,11+,14?,15+/m1/s1. The second kappa shape index (κ2) is 8.46. The molecule has 0 saturated carbocycles. The van der Waals surface area contributed by atoms with Crippen LogP contribution in [-0.4, -0.2) is 53.3 Å². The second-order valence-corrected chi connectivity index (χ2v) is 15.1. The van der Waals surface area contributed by atoms with Gasteiger partial charge in [-0.25, -0.2) is 4.39 Å². The highest BCUT2D eigenvalue weighted by Gasteiger charge is 2.49. The van der Waals surface area contributed by atoms with E-state index in [0.29, 0.717) is 17.1 Å². The van der Waals surface area contributed by atoms with Gasteiger partial charge in [-0.2, -0.15) is 0 Å². The van der Waals surface area contributed by atoms with Crippen molar-refractivity contribution < 1.29 is 23.6 Å². The predicted octanol–water partition coefficient (Wildman–Crippen LogP) is 4.05. The Morgan fingerprint density at radius 2 is 2.17 bits per heavy atom. The van der Waals surface area contributed by atoms with Crippen LogP contribution in [0, 0.1) is 5.41 Å². The number of pyridine rings is 1. The Hall–Kier alpha value is -0.670. The van der Waals surface area contributed by atoms with E-state index in [1.165, 1.54) is 12.4 Å². The highest BCUT2D eigenvalue weighted by molar-refractivity contribution is 8.36. The third-order valence-electron chi connectivity index (χ3n) is 4.66. The summed E-state index contributed by atoms with van der Waals surface area (Å²) in [7, 11) is 0. The third-order valence-corrected chi connectivity index (χ3v) is 6.01. The van der Waals surface area contributed by atoms with Gasteiger partial charge in [0, 0.05) is 17.8 Å². The highest BCUT2D eigenvalue weighted by atomic mass is 35.9. The van der Waals surface area contributed by atoms with E-state index in [9.17, 15) is 14.3 Å². The first-order valence-corrected chi connectivity index (χ1v) is 13.4. The van der Waals surface area contributed by atoms with E-state index in [0.717, 1.165) is 0 Å². The number of anilines is 1. The molecule has 1 amide bonds. The average Bonchev–Trinajstić information content (AvgIpc) is 3.15. The number of aromatic nitrogens is 1. The Morgan fingerprint density at radius 1 is 1.48 bits per heavy atom. The van der Waals surface area contributed by atoms with Crippen molar-refractivity contribution in [2.75, 3.05) is 11.9 Å². The molecule has 0 radical (unpaired) electrons. The molecule has 1 fully saturated rings. The molecule has 1 aromatic heterocycles. The molecule has 2 aliphatic rings. The van der Waals surface area contributed by atoms with E-state index in [1.807, 2.05) is 0 Å². The van der Waals surface area contributed by atoms with Crippen LogP contribution in [-0.2, 0) is 25.9 Å². The molecule has 3 heterocycles. The van der Waals surface area contributed by atoms with Crippen molar-refractivity contribution in [1.29, 1.82) is 0 Å². The molecular formula is C17H21Cl2FN3O4PS. The number of aliphatic imine (C=N–C) groups is 1. The lowest BCUT2D eigenvalue weighted by molar-refractivity contribution is -0.123. The van der Waals surface area contributed by atoms with E-state index in [2.05, 4.69) is 15.3 Å². The van der Waals surface area contributed by atoms with Gasteiger partial charge in [0.25, 0.3) is 0 Å². The SMILES string of the molecule is CC(C)(C)C(=O)Nc1ccnc2c1N=CC2[C@@H]1O[C@H](COP(=S)(Cl)Cl)C(O)[C@@H]1F. The molecule has 2 aliphatic heterocycles. The van der Waals surface area contributed by atoms with Crippen molar-refractivity contribution in [2.24, 2.45) is 10.4 Å². The molecular weight excluding hydrogens is 463 g/mol. The van der Waals surface area contributed by atoms with Crippen molar-refractivity contribution in [3.05, 3.63) is 18.0 Å². The van der Waals surface area contributed by atoms with Crippen molar-refractivity contribution >= 4 is 62.8 Å². The molecule has 1 aromatic rings. The molecule has 5 atom stereocenters. The van der Waals surface area contributed by atoms with Crippen LogP contribution in [0.15, 0.2) is 17.3 Å². The van der Waals surface area contributed by atoms with Gasteiger partial charge in [-0.3, -0.25) is 14.8 Å². The molecule has 29 heavy (non-hydrogen) atoms. The zero-order valence-corrected chi connectivity index (χ0v) is 19.1. The van der Waals surface area contributed by atoms with E-state index in [4.69, 9.17) is 43.5 Å². The summed E-state index contributed by atoms with van der Waals surface area (Å²) in [6.45, 7) is 5.15. The lowest BCUT2D eigenvalue weighted by Crippen LogP contribution is -2.33. The van der Waals surface area contributed by atoms with Gasteiger partial charge in [0.2, 0.25) is 10.9 Å². The maximum absolute atomic E-state index is 14.8. The van der Waals surface area contributed by atoms with Crippen LogP contribution in [0.3, 0.4) is 0 Å². The van der Waals surface area contributed by atoms with Gasteiger partial charge in [-0.15, -0.1) is 0 Å². The fourth-order valence-corrected chi connectivity index (χ4v) is 3.91. The lowest BCUT2D eigenvalue weighted by Gasteiger charge is -2.21. The average molecular weight is 484 g/mol. The summed E-state index contributed by atoms with van der Waals surface area (Å²) in [6, 6.07) is 1.63. The molecule has 3 rings (SSSR count). The maximum Gasteiger partial charge on any atom is 0.240 e. The van der Waals surface area contributed by atoms with E-state index in [1.54, 1.807) is 26.8 Å². The molecule has 12 heteroatoms. The first kappa shape index (κ1) is 23.0. The number of carbonyl (C=O) groups is 1. The van der Waals surface area contributed by atoms with Crippen molar-refractivity contribution in [2.45, 2.75) is 51.2 Å². The number of halogens is 3. The van der Waals surface area contributed by atoms with E-state index >= 15 is 0 Å². The number of nitrogens with one attached hydrogen (secondary N) is 1. The summed E-state index contributed by atoms with van der Waals surface area (Å²) in [5.41, 5.74) is 0.781. The summed E-state index contributed by atoms with van der Waals surface area (Å²) in [4.78, 5) is 17.9. The second-order valence-electron chi connectivity index (χ2n) is 7.88. The van der Waals surface area contributed by atoms with Crippen molar-refractivity contribution in [1.82, 2.24) is 4.98 Å². The Kier molecular flexibility index (Phi) is 6.71. The molecule has 7 nitrogen and oxygen atoms in total. The van der Waals surface area contributed by atoms with E-state index in [-0.39, 0.29) is 12.5 Å². The number of hydrogen-bond acceptors (Lipinski definition) is 7. The summed E-state index contributed by atoms with van der Waals surface area (Å²) < 4.78 is 25.6. The number of alkyl halides is 1. The smallest absolute Gasteiger partial charge is 0.240 e. The molecule has 0 bridgehead atoms. The monoisotopic (exact) mass is 483 g/mol. The minimum atomic E-state index is -3.01. The molecule has 160 valence electrons. The first-order valence-electron chi connectivity index (χ1n) is 8.84. The highest BCUT2D eigenvalue weighted by Crippen LogP contribution is 2.58. The number of carbonyl (C=O) groups excluding carboxylic acids is 1. The van der Waals surface area contributed by atoms with Gasteiger partial charge in [-0.05, 0) is 40.4 Å². The lowest BCUT2D eigenvalue weighted by atomic mass is 9.94. The van der Waals surface area contributed by atoms with Crippen LogP contribution in [0.4, 0.5) is 15.8 Å². The quantitative estimate of drug-likeness (QED) is 0.613. The normalized spacial score (nSPS) is 29.1. The fourth-order valence-electron chi connectivity index (χ4n) is 3.06. The van der Waals surface area contributed by atoms with Gasteiger partial charge < -0.3 is 19.7 Å². The molecule has 2 N–H and O–H groups in total. The van der Waals surface area contributed by atoms with Crippen LogP contribution in [0.5, 0.6) is 0 Å². The maximum atomic E-state index is 14.8. The van der Waals surface area contributed by atoms with E-state index < -0.39 is 40.8 Å². The molecule has 2 unspecified atom stereocenters. The number of fused-ring (bicyclic) bond motifs is 1. The van der Waals surface area contributed by atoms with Gasteiger partial charge in [0.15, 0.2) is 6.17 Å². The van der Waals surface area contributed by atoms with Crippen LogP contribution in [0.25, 0.3) is 0 Å². The summed E-state index contributed by atoms with van der Waals surface area (Å²) in [6.07, 6.45) is -2.13. The number of rotatable bonds is 5. The third kappa shape index (κ3) is 5.15. The fraction of sp³-hybridized carbons (Fsp3) is 0.588. The van der Waals surface area contributed by atoms with Crippen LogP contribution >= 0.6 is 27.5 Å². The van der Waals surface area contributed by atoms with Crippen LogP contribution < -0.4 is 5.32 Å². The van der Waals surface area contributed by atoms with Crippen LogP contribution in [0.1, 0.15) is 32.4 Å². The Balaban J connectivity index is 1.79. The number of aliphatic hydroxyl groups excluding tert-OH is 1. The van der Waals surface area contributed by atoms with Crippen molar-refractivity contribution in [3.63, 3.8) is 0 Å². The Labute approximate surface area is 182 Å². The molecule has 0 aliphatic carbocycles. The Bertz CT molecular complexity index is 879. The van der Waals surface area contributed by atoms with Crippen LogP contribution in [0.2, 0.25) is 0 Å². The Morgan fingerprint density at radius 3 is 2.79 bits per heavy atom. The number of hydrogen-bond donors (Lipinski definition) is 2. The number of aliphatic hydroxyl groups is 1. The van der Waals surface area contributed by atoms with Gasteiger partial charge >= 0.3 is 0 Å². The minimum Gasteiger partial charge on any atom is -0.387 e. The van der Waals surface area contributed by atoms with Crippen molar-refractivity contribution in [3.8, 4) is 0 Å². The first-order chi connectivity index (χ1) is 13.4. The summed E-state index contributed by atoms with van der Waals surface area (Å²) in [5.74, 6) is -0.822. The zero-order valence-electron chi connectivity index (χ0n) is 15.9. The molecule has 1 saturated heterocycles. The summed E-state index contributed by atoms with van der Waals surface area (Å²) >= 11 is 16.2. The number of ether oxygens (including phenoxy) is 1. The largest absolute Gasteiger partial charge is 0.387 e. The topological polar surface area (TPSA) is 93.0 Å². The molecule has 0 aromatic carbocycles. The van der Waals surface area contributed by atoms with Gasteiger partial charge in [-0.1, -0.05) is 20.8 Å². The predicted molar refractivity (Wildman–Crippen MR) is 115 cm³/mol. The number of amides is 1. The minimum absolute atomic E-state index is 0.185. The van der Waals surface area contributed by atoms with Gasteiger partial charge in [0.05, 0.1) is 23.9 Å². The zero-order chi connectivity index (χ0) is 21.6. The molecule has 0 spiro atoms. The summed E-state index contributed by atoms with van der Waals surface area (Å²) in [5, 5.41) is 13.0. The number of nitrogens with zero attached hydrogens (tertiary/aromatic N) is 2.